The van der Waals surface area contributed by atoms with Crippen LogP contribution in [0.2, 0.25) is 0 Å². The second-order valence-corrected chi connectivity index (χ2v) is 14.3. The summed E-state index contributed by atoms with van der Waals surface area (Å²) in [7, 11) is 1.78. The smallest absolute Gasteiger partial charge is 0.290 e. The molecule has 2 saturated heterocycles. The molecule has 2 aliphatic heterocycles. The lowest BCUT2D eigenvalue weighted by molar-refractivity contribution is -0.134. The SMILES string of the molecule is Cn1nc(C2CCC(=O)NC2=O)c2ccc(NC(=O)CCCCCNC(=O)c3nc4c(CN=[N+]=[N-])cc(N5CC[C@](C)(c6ccccc6)C5)cn4n3)cc21. The van der Waals surface area contributed by atoms with Gasteiger partial charge in [-0.2, -0.15) is 5.10 Å². The fourth-order valence-electron chi connectivity index (χ4n) is 7.46. The number of hydrogen-bond donors (Lipinski definition) is 3. The Bertz CT molecular complexity index is 2290. The van der Waals surface area contributed by atoms with Crippen LogP contribution in [0.4, 0.5) is 11.4 Å². The van der Waals surface area contributed by atoms with Crippen molar-refractivity contribution in [1.29, 1.82) is 0 Å². The maximum atomic E-state index is 13.1. The maximum Gasteiger partial charge on any atom is 0.290 e. The van der Waals surface area contributed by atoms with Crippen molar-refractivity contribution >= 4 is 51.6 Å². The lowest BCUT2D eigenvalue weighted by atomic mass is 9.82. The normalized spacial score (nSPS) is 18.5. The molecule has 278 valence electrons. The number of fused-ring (bicyclic) bond motifs is 2. The number of piperidine rings is 1. The van der Waals surface area contributed by atoms with E-state index in [1.165, 1.54) is 5.56 Å². The number of benzene rings is 2. The Balaban J connectivity index is 0.900. The topological polar surface area (TPSA) is 204 Å². The molecule has 0 radical (unpaired) electrons. The highest BCUT2D eigenvalue weighted by Crippen LogP contribution is 2.37. The van der Waals surface area contributed by atoms with Gasteiger partial charge in [0.15, 0.2) is 5.65 Å². The Kier molecular flexibility index (Phi) is 10.3. The van der Waals surface area contributed by atoms with Crippen molar-refractivity contribution in [2.24, 2.45) is 12.2 Å². The summed E-state index contributed by atoms with van der Waals surface area (Å²) in [6, 6.07) is 17.9. The van der Waals surface area contributed by atoms with Gasteiger partial charge in [-0.3, -0.25) is 29.2 Å². The van der Waals surface area contributed by atoms with Gasteiger partial charge in [0.2, 0.25) is 23.5 Å². The van der Waals surface area contributed by atoms with E-state index in [1.54, 1.807) is 22.3 Å². The number of nitrogens with zero attached hydrogens (tertiary/aromatic N) is 9. The van der Waals surface area contributed by atoms with Gasteiger partial charge in [0.1, 0.15) is 0 Å². The molecular formula is C38H42N12O4. The molecule has 3 aromatic heterocycles. The van der Waals surface area contributed by atoms with Gasteiger partial charge >= 0.3 is 0 Å². The number of nitrogens with one attached hydrogen (secondary N) is 3. The monoisotopic (exact) mass is 730 g/mol. The first-order valence-electron chi connectivity index (χ1n) is 18.2. The second kappa shape index (κ2) is 15.4. The minimum atomic E-state index is -0.498. The Morgan fingerprint density at radius 2 is 1.93 bits per heavy atom. The molecule has 2 aliphatic rings. The molecule has 16 heteroatoms. The molecule has 7 rings (SSSR count). The lowest BCUT2D eigenvalue weighted by Crippen LogP contribution is -2.39. The second-order valence-electron chi connectivity index (χ2n) is 14.3. The quantitative estimate of drug-likeness (QED) is 0.0491. The molecule has 1 unspecified atom stereocenters. The van der Waals surface area contributed by atoms with E-state index in [2.05, 4.69) is 77.2 Å². The number of carbonyl (C=O) groups is 4. The van der Waals surface area contributed by atoms with Crippen LogP contribution in [0.3, 0.4) is 0 Å². The zero-order valence-electron chi connectivity index (χ0n) is 30.3. The summed E-state index contributed by atoms with van der Waals surface area (Å²) >= 11 is 0. The Hall–Kier alpha value is -6.28. The van der Waals surface area contributed by atoms with Crippen molar-refractivity contribution in [3.63, 3.8) is 0 Å². The van der Waals surface area contributed by atoms with E-state index in [4.69, 9.17) is 5.53 Å². The Morgan fingerprint density at radius 1 is 1.09 bits per heavy atom. The number of imide groups is 1. The number of amides is 4. The largest absolute Gasteiger partial charge is 0.369 e. The highest BCUT2D eigenvalue weighted by molar-refractivity contribution is 6.03. The Labute approximate surface area is 310 Å². The number of pyridine rings is 1. The van der Waals surface area contributed by atoms with Crippen LogP contribution in [0, 0.1) is 0 Å². The third kappa shape index (κ3) is 7.60. The minimum absolute atomic E-state index is 0.0134. The van der Waals surface area contributed by atoms with E-state index in [9.17, 15) is 19.2 Å². The van der Waals surface area contributed by atoms with Gasteiger partial charge in [-0.25, -0.2) is 9.50 Å². The van der Waals surface area contributed by atoms with Crippen LogP contribution in [-0.2, 0) is 33.4 Å². The molecule has 2 fully saturated rings. The van der Waals surface area contributed by atoms with E-state index in [0.29, 0.717) is 54.8 Å². The predicted octanol–water partition coefficient (Wildman–Crippen LogP) is 5.04. The zero-order chi connectivity index (χ0) is 37.8. The molecule has 2 aromatic carbocycles. The first kappa shape index (κ1) is 36.1. The van der Waals surface area contributed by atoms with Gasteiger partial charge in [-0.05, 0) is 61.0 Å². The third-order valence-electron chi connectivity index (χ3n) is 10.4. The van der Waals surface area contributed by atoms with Crippen molar-refractivity contribution in [2.45, 2.75) is 69.7 Å². The highest BCUT2D eigenvalue weighted by Gasteiger charge is 2.36. The minimum Gasteiger partial charge on any atom is -0.369 e. The van der Waals surface area contributed by atoms with Crippen molar-refractivity contribution in [2.75, 3.05) is 29.9 Å². The molecule has 5 heterocycles. The van der Waals surface area contributed by atoms with E-state index in [0.717, 1.165) is 42.5 Å². The number of rotatable bonds is 13. The van der Waals surface area contributed by atoms with Crippen LogP contribution in [0.15, 0.2) is 65.9 Å². The summed E-state index contributed by atoms with van der Waals surface area (Å²) < 4.78 is 3.27. The first-order valence-corrected chi connectivity index (χ1v) is 18.2. The number of aromatic nitrogens is 5. The molecule has 0 saturated carbocycles. The number of carbonyl (C=O) groups excluding carboxylic acids is 4. The molecule has 5 aromatic rings. The van der Waals surface area contributed by atoms with Crippen molar-refractivity contribution < 1.29 is 19.2 Å². The standard InChI is InChI=1S/C38H42N12O4/c1-38(25-9-5-3-6-10-25)16-18-49(23-38)27-19-24(21-41-47-39)35-44-34(46-50(35)22-27)37(54)40-17-8-4-7-11-31(51)42-26-12-13-28-30(20-26)48(2)45-33(28)29-14-15-32(52)43-36(29)53/h3,5-6,9-10,12-13,19-20,22,29H,4,7-8,11,14-18,21,23H2,1-2H3,(H,40,54)(H,42,51)(H,43,52,53)/t29?,38-/m0/s1. The van der Waals surface area contributed by atoms with Gasteiger partial charge < -0.3 is 15.5 Å². The molecule has 16 nitrogen and oxygen atoms in total. The summed E-state index contributed by atoms with van der Waals surface area (Å²) in [5.41, 5.74) is 14.4. The molecular weight excluding hydrogens is 688 g/mol. The molecule has 0 bridgehead atoms. The molecule has 0 aliphatic carbocycles. The lowest BCUT2D eigenvalue weighted by Gasteiger charge is -2.26. The van der Waals surface area contributed by atoms with E-state index >= 15 is 0 Å². The molecule has 4 amide bonds. The van der Waals surface area contributed by atoms with Gasteiger partial charge in [-0.15, -0.1) is 5.10 Å². The van der Waals surface area contributed by atoms with Crippen molar-refractivity contribution in [3.05, 3.63) is 93.9 Å². The van der Waals surface area contributed by atoms with Crippen LogP contribution in [0.1, 0.15) is 85.2 Å². The summed E-state index contributed by atoms with van der Waals surface area (Å²) in [5.74, 6) is -1.62. The summed E-state index contributed by atoms with van der Waals surface area (Å²) in [4.78, 5) is 59.5. The maximum absolute atomic E-state index is 13.1. The van der Waals surface area contributed by atoms with Crippen LogP contribution in [0.5, 0.6) is 0 Å². The predicted molar refractivity (Wildman–Crippen MR) is 202 cm³/mol. The molecule has 0 spiro atoms. The van der Waals surface area contributed by atoms with Gasteiger partial charge in [0, 0.05) is 66.5 Å². The Morgan fingerprint density at radius 3 is 2.72 bits per heavy atom. The molecule has 2 atom stereocenters. The van der Waals surface area contributed by atoms with Crippen LogP contribution in [0.25, 0.3) is 27.0 Å². The number of anilines is 2. The molecule has 3 N–H and O–H groups in total. The van der Waals surface area contributed by atoms with Crippen LogP contribution >= 0.6 is 0 Å². The number of azide groups is 1. The summed E-state index contributed by atoms with van der Waals surface area (Å²) in [6.07, 6.45) is 5.86. The van der Waals surface area contributed by atoms with E-state index < -0.39 is 11.8 Å². The van der Waals surface area contributed by atoms with Crippen molar-refractivity contribution in [3.8, 4) is 0 Å². The molecule has 54 heavy (non-hydrogen) atoms. The van der Waals surface area contributed by atoms with Crippen molar-refractivity contribution in [1.82, 2.24) is 35.0 Å². The van der Waals surface area contributed by atoms with E-state index in [1.807, 2.05) is 30.5 Å². The average molecular weight is 731 g/mol. The average Bonchev–Trinajstić information content (AvgIpc) is 3.88. The van der Waals surface area contributed by atoms with Crippen LogP contribution in [-0.4, -0.2) is 67.6 Å². The van der Waals surface area contributed by atoms with Gasteiger partial charge in [0.25, 0.3) is 5.91 Å². The highest BCUT2D eigenvalue weighted by atomic mass is 16.2. The van der Waals surface area contributed by atoms with Gasteiger partial charge in [-0.1, -0.05) is 48.8 Å². The number of hydrogen-bond acceptors (Lipinski definition) is 9. The van der Waals surface area contributed by atoms with Gasteiger partial charge in [0.05, 0.1) is 35.6 Å². The summed E-state index contributed by atoms with van der Waals surface area (Å²) in [5, 5.41) is 21.8. The fraction of sp³-hybridized carbons (Fsp3) is 0.395. The van der Waals surface area contributed by atoms with E-state index in [-0.39, 0.29) is 41.9 Å². The zero-order valence-corrected chi connectivity index (χ0v) is 30.3. The summed E-state index contributed by atoms with van der Waals surface area (Å²) in [6.45, 7) is 4.39. The van der Waals surface area contributed by atoms with Crippen LogP contribution < -0.4 is 20.9 Å². The fourth-order valence-corrected chi connectivity index (χ4v) is 7.46. The first-order chi connectivity index (χ1) is 26.1. The third-order valence-corrected chi connectivity index (χ3v) is 10.4. The number of unbranched alkanes of at least 4 members (excludes halogenated alkanes) is 2. The number of aryl methyl sites for hydroxylation is 1.